The van der Waals surface area contributed by atoms with Crippen LogP contribution >= 0.6 is 0 Å². The first-order chi connectivity index (χ1) is 14.9. The fraction of sp³-hybridized carbons (Fsp3) is 0.435. The summed E-state index contributed by atoms with van der Waals surface area (Å²) in [5, 5.41) is 19.5. The van der Waals surface area contributed by atoms with Gasteiger partial charge in [0.25, 0.3) is 0 Å². The van der Waals surface area contributed by atoms with Crippen LogP contribution in [0, 0.1) is 6.92 Å². The first-order valence-corrected chi connectivity index (χ1v) is 10.8. The van der Waals surface area contributed by atoms with E-state index >= 15 is 0 Å². The quantitative estimate of drug-likeness (QED) is 0.512. The fourth-order valence-electron chi connectivity index (χ4n) is 3.75. The van der Waals surface area contributed by atoms with Crippen LogP contribution in [0.3, 0.4) is 0 Å². The highest BCUT2D eigenvalue weighted by atomic mass is 16.3. The maximum Gasteiger partial charge on any atom is 0.241 e. The molecule has 1 aliphatic rings. The Morgan fingerprint density at radius 2 is 2.06 bits per heavy atom. The zero-order valence-electron chi connectivity index (χ0n) is 18.5. The van der Waals surface area contributed by atoms with Crippen LogP contribution in [-0.4, -0.2) is 51.6 Å². The number of benzene rings is 1. The molecule has 1 aromatic carbocycles. The number of piperidine rings is 1. The molecule has 0 aliphatic carbocycles. The molecule has 2 heterocycles. The lowest BCUT2D eigenvalue weighted by Gasteiger charge is -2.33. The van der Waals surface area contributed by atoms with Gasteiger partial charge >= 0.3 is 0 Å². The normalized spacial score (nSPS) is 16.7. The summed E-state index contributed by atoms with van der Waals surface area (Å²) in [4.78, 5) is 23.2. The average Bonchev–Trinajstić information content (AvgIpc) is 2.72. The van der Waals surface area contributed by atoms with Crippen molar-refractivity contribution in [3.05, 3.63) is 47.9 Å². The van der Waals surface area contributed by atoms with Gasteiger partial charge in [-0.2, -0.15) is 0 Å². The predicted molar refractivity (Wildman–Crippen MR) is 124 cm³/mol. The smallest absolute Gasteiger partial charge is 0.241 e. The summed E-state index contributed by atoms with van der Waals surface area (Å²) in [7, 11) is 0. The van der Waals surface area contributed by atoms with Crippen molar-refractivity contribution < 1.29 is 9.90 Å². The monoisotopic (exact) mass is 424 g/mol. The molecule has 0 bridgehead atoms. The maximum atomic E-state index is 12.7. The van der Waals surface area contributed by atoms with Gasteiger partial charge in [0.15, 0.2) is 0 Å². The fourth-order valence-corrected chi connectivity index (χ4v) is 3.75. The number of nitrogens with one attached hydrogen (secondary N) is 3. The van der Waals surface area contributed by atoms with Gasteiger partial charge in [-0.15, -0.1) is 0 Å². The molecule has 1 amide bonds. The molecule has 0 radical (unpaired) electrons. The van der Waals surface area contributed by atoms with E-state index in [1.165, 1.54) is 6.33 Å². The number of rotatable bonds is 8. The van der Waals surface area contributed by atoms with Crippen LogP contribution in [0.5, 0.6) is 5.75 Å². The molecule has 1 atom stereocenters. The summed E-state index contributed by atoms with van der Waals surface area (Å²) in [6, 6.07) is 7.24. The van der Waals surface area contributed by atoms with Crippen molar-refractivity contribution >= 4 is 23.2 Å². The second kappa shape index (κ2) is 10.7. The van der Waals surface area contributed by atoms with E-state index in [2.05, 4.69) is 38.9 Å². The number of likely N-dealkylation sites (tertiary alicyclic amines) is 1. The molecule has 8 nitrogen and oxygen atoms in total. The number of amides is 1. The van der Waals surface area contributed by atoms with Crippen LogP contribution in [-0.2, 0) is 4.79 Å². The van der Waals surface area contributed by atoms with Crippen LogP contribution in [0.1, 0.15) is 38.7 Å². The molecule has 1 aliphatic heterocycles. The SMILES string of the molecule is CC/C=C(\C)Nc1cc(NC2CCCN(C(=O)CNc3cc(C)cc(O)c3)C2)ncn1. The van der Waals surface area contributed by atoms with Gasteiger partial charge in [0.1, 0.15) is 23.7 Å². The van der Waals surface area contributed by atoms with E-state index in [0.29, 0.717) is 6.54 Å². The number of hydrogen-bond acceptors (Lipinski definition) is 7. The minimum absolute atomic E-state index is 0.0397. The number of aromatic hydroxyl groups is 1. The van der Waals surface area contributed by atoms with E-state index in [4.69, 9.17) is 0 Å². The molecule has 2 aromatic rings. The van der Waals surface area contributed by atoms with Crippen molar-refractivity contribution in [2.45, 2.75) is 46.1 Å². The maximum absolute atomic E-state index is 12.7. The molecule has 0 saturated carbocycles. The summed E-state index contributed by atoms with van der Waals surface area (Å²) < 4.78 is 0. The summed E-state index contributed by atoms with van der Waals surface area (Å²) in [5.41, 5.74) is 2.73. The summed E-state index contributed by atoms with van der Waals surface area (Å²) in [6.45, 7) is 7.57. The van der Waals surface area contributed by atoms with Gasteiger partial charge in [0, 0.05) is 42.6 Å². The van der Waals surface area contributed by atoms with E-state index in [-0.39, 0.29) is 24.2 Å². The van der Waals surface area contributed by atoms with Gasteiger partial charge in [-0.3, -0.25) is 4.79 Å². The Labute approximate surface area is 183 Å². The molecule has 8 heteroatoms. The van der Waals surface area contributed by atoms with E-state index in [9.17, 15) is 9.90 Å². The van der Waals surface area contributed by atoms with Crippen LogP contribution in [0.4, 0.5) is 17.3 Å². The first-order valence-electron chi connectivity index (χ1n) is 10.8. The van der Waals surface area contributed by atoms with E-state index in [0.717, 1.165) is 54.4 Å². The van der Waals surface area contributed by atoms with Gasteiger partial charge < -0.3 is 26.0 Å². The lowest BCUT2D eigenvalue weighted by Crippen LogP contribution is -2.47. The standard InChI is InChI=1S/C23H32N6O2/c1-4-6-17(3)27-21-12-22(26-15-25-21)28-18-7-5-8-29(14-18)23(31)13-24-19-9-16(2)10-20(30)11-19/h6,9-12,15,18,24,30H,4-5,7-8,13-14H2,1-3H3,(H2,25,26,27,28)/b17-6+. The molecular weight excluding hydrogens is 392 g/mol. The average molecular weight is 425 g/mol. The Hall–Kier alpha value is -3.29. The minimum Gasteiger partial charge on any atom is -0.508 e. The second-order valence-electron chi connectivity index (χ2n) is 7.94. The van der Waals surface area contributed by atoms with Crippen LogP contribution in [0.2, 0.25) is 0 Å². The molecule has 1 fully saturated rings. The second-order valence-corrected chi connectivity index (χ2v) is 7.94. The molecule has 1 saturated heterocycles. The number of phenols is 1. The Balaban J connectivity index is 1.54. The van der Waals surface area contributed by atoms with Gasteiger partial charge in [0.2, 0.25) is 5.91 Å². The third-order valence-electron chi connectivity index (χ3n) is 5.13. The number of allylic oxidation sites excluding steroid dienone is 2. The molecule has 3 rings (SSSR count). The summed E-state index contributed by atoms with van der Waals surface area (Å²) >= 11 is 0. The Kier molecular flexibility index (Phi) is 7.70. The number of carbonyl (C=O) groups excluding carboxylic acids is 1. The van der Waals surface area contributed by atoms with Gasteiger partial charge in [-0.05, 0) is 50.8 Å². The van der Waals surface area contributed by atoms with Crippen molar-refractivity contribution in [2.75, 3.05) is 35.6 Å². The van der Waals surface area contributed by atoms with E-state index in [1.807, 2.05) is 30.9 Å². The molecule has 0 spiro atoms. The molecule has 166 valence electrons. The van der Waals surface area contributed by atoms with Gasteiger partial charge in [-0.1, -0.05) is 13.0 Å². The summed E-state index contributed by atoms with van der Waals surface area (Å²) in [5.74, 6) is 1.72. The third kappa shape index (κ3) is 6.87. The predicted octanol–water partition coefficient (Wildman–Crippen LogP) is 3.73. The molecular formula is C23H32N6O2. The molecule has 4 N–H and O–H groups in total. The van der Waals surface area contributed by atoms with Crippen molar-refractivity contribution in [1.82, 2.24) is 14.9 Å². The van der Waals surface area contributed by atoms with Crippen LogP contribution in [0.15, 0.2) is 42.4 Å². The lowest BCUT2D eigenvalue weighted by molar-refractivity contribution is -0.130. The van der Waals surface area contributed by atoms with Crippen LogP contribution in [0.25, 0.3) is 0 Å². The number of hydrogen-bond donors (Lipinski definition) is 4. The van der Waals surface area contributed by atoms with Crippen molar-refractivity contribution in [3.63, 3.8) is 0 Å². The van der Waals surface area contributed by atoms with Gasteiger partial charge in [0.05, 0.1) is 6.54 Å². The first kappa shape index (κ1) is 22.4. The summed E-state index contributed by atoms with van der Waals surface area (Å²) in [6.07, 6.45) is 6.51. The third-order valence-corrected chi connectivity index (χ3v) is 5.13. The van der Waals surface area contributed by atoms with Gasteiger partial charge in [-0.25, -0.2) is 9.97 Å². The zero-order valence-corrected chi connectivity index (χ0v) is 18.5. The topological polar surface area (TPSA) is 102 Å². The van der Waals surface area contributed by atoms with E-state index in [1.54, 1.807) is 12.1 Å². The number of anilines is 3. The van der Waals surface area contributed by atoms with E-state index < -0.39 is 0 Å². The highest BCUT2D eigenvalue weighted by Crippen LogP contribution is 2.20. The number of aryl methyl sites for hydroxylation is 1. The highest BCUT2D eigenvalue weighted by molar-refractivity contribution is 5.81. The Morgan fingerprint density at radius 1 is 1.26 bits per heavy atom. The number of carbonyl (C=O) groups is 1. The zero-order chi connectivity index (χ0) is 22.2. The van der Waals surface area contributed by atoms with Crippen LogP contribution < -0.4 is 16.0 Å². The number of nitrogens with zero attached hydrogens (tertiary/aromatic N) is 3. The Bertz CT molecular complexity index is 910. The minimum atomic E-state index is 0.0397. The lowest BCUT2D eigenvalue weighted by atomic mass is 10.1. The Morgan fingerprint density at radius 3 is 2.84 bits per heavy atom. The van der Waals surface area contributed by atoms with Crippen molar-refractivity contribution in [1.29, 1.82) is 0 Å². The number of aromatic nitrogens is 2. The number of phenolic OH excluding ortho intramolecular Hbond substituents is 1. The largest absolute Gasteiger partial charge is 0.508 e. The molecule has 1 unspecified atom stereocenters. The molecule has 1 aromatic heterocycles. The van der Waals surface area contributed by atoms with Crippen molar-refractivity contribution in [2.24, 2.45) is 0 Å². The highest BCUT2D eigenvalue weighted by Gasteiger charge is 2.23. The molecule has 31 heavy (non-hydrogen) atoms. The van der Waals surface area contributed by atoms with Crippen molar-refractivity contribution in [3.8, 4) is 5.75 Å².